The van der Waals surface area contributed by atoms with Crippen molar-refractivity contribution >= 4 is 11.0 Å². The number of fused-ring (bicyclic) bond motifs is 1. The van der Waals surface area contributed by atoms with Crippen molar-refractivity contribution in [1.29, 1.82) is 0 Å². The molecule has 0 saturated heterocycles. The quantitative estimate of drug-likeness (QED) is 0.792. The minimum atomic E-state index is 0.212. The fourth-order valence-corrected chi connectivity index (χ4v) is 2.68. The van der Waals surface area contributed by atoms with E-state index in [0.29, 0.717) is 0 Å². The van der Waals surface area contributed by atoms with Crippen LogP contribution in [0.2, 0.25) is 0 Å². The maximum Gasteiger partial charge on any atom is 0.111 e. The summed E-state index contributed by atoms with van der Waals surface area (Å²) in [4.78, 5) is 4.73. The highest BCUT2D eigenvalue weighted by Gasteiger charge is 2.18. The Morgan fingerprint density at radius 2 is 2.10 bits per heavy atom. The molecule has 0 radical (unpaired) electrons. The van der Waals surface area contributed by atoms with Crippen molar-refractivity contribution in [3.63, 3.8) is 0 Å². The molecule has 3 aromatic rings. The number of rotatable bonds is 4. The summed E-state index contributed by atoms with van der Waals surface area (Å²) in [6.07, 6.45) is 2.58. The zero-order valence-electron chi connectivity index (χ0n) is 12.1. The predicted octanol–water partition coefficient (Wildman–Crippen LogP) is 2.98. The van der Waals surface area contributed by atoms with E-state index in [9.17, 15) is 0 Å². The van der Waals surface area contributed by atoms with Gasteiger partial charge in [-0.15, -0.1) is 0 Å². The first-order chi connectivity index (χ1) is 9.70. The third-order valence-corrected chi connectivity index (χ3v) is 3.89. The summed E-state index contributed by atoms with van der Waals surface area (Å²) in [6.45, 7) is 1.99. The third kappa shape index (κ3) is 2.12. The summed E-state index contributed by atoms with van der Waals surface area (Å²) in [5.74, 6) is 2.04. The van der Waals surface area contributed by atoms with E-state index in [0.717, 1.165) is 23.5 Å². The SMILES string of the molecule is CNC(Cc1nc2ccccc2n1C)c1ccoc1C. The number of aryl methyl sites for hydroxylation is 2. The largest absolute Gasteiger partial charge is 0.469 e. The molecule has 0 saturated carbocycles. The lowest BCUT2D eigenvalue weighted by Crippen LogP contribution is -2.20. The van der Waals surface area contributed by atoms with Gasteiger partial charge < -0.3 is 14.3 Å². The van der Waals surface area contributed by atoms with E-state index in [1.807, 2.05) is 32.2 Å². The Labute approximate surface area is 118 Å². The molecule has 3 rings (SSSR count). The Kier molecular flexibility index (Phi) is 3.32. The number of nitrogens with one attached hydrogen (secondary N) is 1. The van der Waals surface area contributed by atoms with Gasteiger partial charge in [0.2, 0.25) is 0 Å². The van der Waals surface area contributed by atoms with E-state index in [1.165, 1.54) is 11.1 Å². The van der Waals surface area contributed by atoms with Crippen molar-refractivity contribution in [3.8, 4) is 0 Å². The average molecular weight is 269 g/mol. The van der Waals surface area contributed by atoms with Crippen LogP contribution in [0.1, 0.15) is 23.2 Å². The van der Waals surface area contributed by atoms with Gasteiger partial charge in [-0.05, 0) is 32.2 Å². The van der Waals surface area contributed by atoms with Gasteiger partial charge in [0.25, 0.3) is 0 Å². The molecule has 0 bridgehead atoms. The molecule has 20 heavy (non-hydrogen) atoms. The second-order valence-corrected chi connectivity index (χ2v) is 5.05. The van der Waals surface area contributed by atoms with Gasteiger partial charge >= 0.3 is 0 Å². The summed E-state index contributed by atoms with van der Waals surface area (Å²) < 4.78 is 7.57. The molecular formula is C16H19N3O. The normalized spacial score (nSPS) is 12.9. The van der Waals surface area contributed by atoms with Gasteiger partial charge in [-0.25, -0.2) is 4.98 Å². The van der Waals surface area contributed by atoms with Crippen molar-refractivity contribution < 1.29 is 4.42 Å². The summed E-state index contributed by atoms with van der Waals surface area (Å²) in [5, 5.41) is 3.35. The molecule has 0 amide bonds. The molecule has 1 unspecified atom stereocenters. The van der Waals surface area contributed by atoms with E-state index in [1.54, 1.807) is 6.26 Å². The number of imidazole rings is 1. The van der Waals surface area contributed by atoms with Crippen LogP contribution in [0.25, 0.3) is 11.0 Å². The van der Waals surface area contributed by atoms with Crippen molar-refractivity contribution in [2.45, 2.75) is 19.4 Å². The number of nitrogens with zero attached hydrogens (tertiary/aromatic N) is 2. The molecule has 0 aliphatic heterocycles. The first-order valence-corrected chi connectivity index (χ1v) is 6.82. The summed E-state index contributed by atoms with van der Waals surface area (Å²) in [5.41, 5.74) is 3.41. The molecule has 0 aliphatic carbocycles. The van der Waals surface area contributed by atoms with E-state index in [-0.39, 0.29) is 6.04 Å². The number of aromatic nitrogens is 2. The Hall–Kier alpha value is -2.07. The zero-order valence-corrected chi connectivity index (χ0v) is 12.1. The topological polar surface area (TPSA) is 43.0 Å². The minimum Gasteiger partial charge on any atom is -0.469 e. The lowest BCUT2D eigenvalue weighted by molar-refractivity contribution is 0.507. The molecular weight excluding hydrogens is 250 g/mol. The third-order valence-electron chi connectivity index (χ3n) is 3.89. The monoisotopic (exact) mass is 269 g/mol. The first-order valence-electron chi connectivity index (χ1n) is 6.82. The van der Waals surface area contributed by atoms with Crippen LogP contribution in [0.5, 0.6) is 0 Å². The smallest absolute Gasteiger partial charge is 0.111 e. The molecule has 1 aromatic carbocycles. The first kappa shape index (κ1) is 12.9. The van der Waals surface area contributed by atoms with Crippen LogP contribution < -0.4 is 5.32 Å². The number of hydrogen-bond donors (Lipinski definition) is 1. The van der Waals surface area contributed by atoms with Gasteiger partial charge in [-0.2, -0.15) is 0 Å². The van der Waals surface area contributed by atoms with Gasteiger partial charge in [0, 0.05) is 25.1 Å². The van der Waals surface area contributed by atoms with E-state index < -0.39 is 0 Å². The highest BCUT2D eigenvalue weighted by atomic mass is 16.3. The van der Waals surface area contributed by atoms with Crippen LogP contribution in [0.3, 0.4) is 0 Å². The molecule has 4 nitrogen and oxygen atoms in total. The summed E-state index contributed by atoms with van der Waals surface area (Å²) in [6, 6.07) is 10.5. The van der Waals surface area contributed by atoms with Crippen LogP contribution in [0.4, 0.5) is 0 Å². The summed E-state index contributed by atoms with van der Waals surface area (Å²) in [7, 11) is 4.04. The Morgan fingerprint density at radius 3 is 2.75 bits per heavy atom. The number of furan rings is 1. The summed E-state index contributed by atoms with van der Waals surface area (Å²) >= 11 is 0. The zero-order chi connectivity index (χ0) is 14.1. The van der Waals surface area contributed by atoms with Gasteiger partial charge in [0.1, 0.15) is 11.6 Å². The molecule has 2 heterocycles. The second kappa shape index (κ2) is 5.13. The van der Waals surface area contributed by atoms with E-state index in [2.05, 4.69) is 29.1 Å². The van der Waals surface area contributed by atoms with Crippen LogP contribution in [-0.2, 0) is 13.5 Å². The maximum atomic E-state index is 5.41. The Balaban J connectivity index is 1.95. The van der Waals surface area contributed by atoms with Crippen LogP contribution >= 0.6 is 0 Å². The van der Waals surface area contributed by atoms with Gasteiger partial charge in [-0.1, -0.05) is 12.1 Å². The van der Waals surface area contributed by atoms with E-state index in [4.69, 9.17) is 9.40 Å². The molecule has 104 valence electrons. The second-order valence-electron chi connectivity index (χ2n) is 5.05. The minimum absolute atomic E-state index is 0.212. The molecule has 1 atom stereocenters. The van der Waals surface area contributed by atoms with Crippen molar-refractivity contribution in [2.24, 2.45) is 7.05 Å². The molecule has 2 aromatic heterocycles. The van der Waals surface area contributed by atoms with Crippen LogP contribution in [0, 0.1) is 6.92 Å². The number of likely N-dealkylation sites (N-methyl/N-ethyl adjacent to an activating group) is 1. The van der Waals surface area contributed by atoms with E-state index >= 15 is 0 Å². The number of benzene rings is 1. The van der Waals surface area contributed by atoms with Gasteiger partial charge in [0.05, 0.1) is 17.3 Å². The molecule has 1 N–H and O–H groups in total. The highest BCUT2D eigenvalue weighted by molar-refractivity contribution is 5.75. The maximum absolute atomic E-state index is 5.41. The Morgan fingerprint density at radius 1 is 1.30 bits per heavy atom. The van der Waals surface area contributed by atoms with Gasteiger partial charge in [0.15, 0.2) is 0 Å². The molecule has 0 spiro atoms. The van der Waals surface area contributed by atoms with Crippen LogP contribution in [0.15, 0.2) is 41.0 Å². The number of hydrogen-bond acceptors (Lipinski definition) is 3. The molecule has 0 fully saturated rings. The highest BCUT2D eigenvalue weighted by Crippen LogP contribution is 2.23. The lowest BCUT2D eigenvalue weighted by Gasteiger charge is -2.15. The molecule has 0 aliphatic rings. The Bertz CT molecular complexity index is 726. The average Bonchev–Trinajstić information content (AvgIpc) is 3.01. The van der Waals surface area contributed by atoms with Gasteiger partial charge in [-0.3, -0.25) is 0 Å². The fraction of sp³-hybridized carbons (Fsp3) is 0.312. The van der Waals surface area contributed by atoms with Crippen molar-refractivity contribution in [1.82, 2.24) is 14.9 Å². The van der Waals surface area contributed by atoms with Crippen molar-refractivity contribution in [2.75, 3.05) is 7.05 Å². The standard InChI is InChI=1S/C16H19N3O/c1-11-12(8-9-20-11)14(17-2)10-16-18-13-6-4-5-7-15(13)19(16)3/h4-9,14,17H,10H2,1-3H3. The molecule has 4 heteroatoms. The van der Waals surface area contributed by atoms with Crippen molar-refractivity contribution in [3.05, 3.63) is 53.7 Å². The predicted molar refractivity (Wildman–Crippen MR) is 79.7 cm³/mol. The fourth-order valence-electron chi connectivity index (χ4n) is 2.68. The lowest BCUT2D eigenvalue weighted by atomic mass is 10.0. The number of para-hydroxylation sites is 2. The van der Waals surface area contributed by atoms with Crippen LogP contribution in [-0.4, -0.2) is 16.6 Å².